The van der Waals surface area contributed by atoms with E-state index in [0.717, 1.165) is 28.6 Å². The Labute approximate surface area is 146 Å². The highest BCUT2D eigenvalue weighted by atomic mass is 32.2. The fourth-order valence-electron chi connectivity index (χ4n) is 2.84. The van der Waals surface area contributed by atoms with Crippen molar-refractivity contribution < 1.29 is 12.8 Å². The Morgan fingerprint density at radius 2 is 1.88 bits per heavy atom. The second-order valence-corrected chi connectivity index (χ2v) is 7.57. The summed E-state index contributed by atoms with van der Waals surface area (Å²) in [4.78, 5) is 3.24. The highest BCUT2D eigenvalue weighted by Crippen LogP contribution is 2.21. The molecule has 0 fully saturated rings. The van der Waals surface area contributed by atoms with Crippen LogP contribution >= 0.6 is 0 Å². The van der Waals surface area contributed by atoms with E-state index in [2.05, 4.69) is 16.3 Å². The minimum absolute atomic E-state index is 0.0434. The quantitative estimate of drug-likeness (QED) is 0.632. The van der Waals surface area contributed by atoms with Gasteiger partial charge in [-0.25, -0.2) is 17.5 Å². The Bertz CT molecular complexity index is 978. The molecule has 0 saturated carbocycles. The van der Waals surface area contributed by atoms with Gasteiger partial charge in [-0.2, -0.15) is 0 Å². The summed E-state index contributed by atoms with van der Waals surface area (Å²) in [6, 6.07) is 12.3. The molecule has 4 nitrogen and oxygen atoms in total. The number of aromatic nitrogens is 1. The van der Waals surface area contributed by atoms with Crippen LogP contribution < -0.4 is 4.72 Å². The van der Waals surface area contributed by atoms with Crippen molar-refractivity contribution in [2.24, 2.45) is 0 Å². The standard InChI is InChI=1S/C19H19FN2O2S/c1-2-5-16(12-14-13-21-19-7-4-3-6-18(14)19)22-25(23,24)17-10-8-15(20)9-11-17/h2-4,6-11,13,16,21-22H,1,5,12H2/t16-/m0/s1. The molecule has 0 saturated heterocycles. The third-order valence-electron chi connectivity index (χ3n) is 4.04. The van der Waals surface area contributed by atoms with Crippen LogP contribution in [0.15, 0.2) is 72.3 Å². The number of fused-ring (bicyclic) bond motifs is 1. The number of halogens is 1. The lowest BCUT2D eigenvalue weighted by Gasteiger charge is -2.17. The van der Waals surface area contributed by atoms with Crippen LogP contribution in [0.5, 0.6) is 0 Å². The van der Waals surface area contributed by atoms with Gasteiger partial charge in [-0.05, 0) is 48.7 Å². The lowest BCUT2D eigenvalue weighted by Crippen LogP contribution is -2.36. The number of hydrogen-bond donors (Lipinski definition) is 2. The number of rotatable bonds is 7. The third kappa shape index (κ3) is 3.97. The summed E-state index contributed by atoms with van der Waals surface area (Å²) in [5.41, 5.74) is 2.04. The topological polar surface area (TPSA) is 62.0 Å². The van der Waals surface area contributed by atoms with E-state index < -0.39 is 15.8 Å². The lowest BCUT2D eigenvalue weighted by atomic mass is 10.0. The van der Waals surface area contributed by atoms with E-state index in [0.29, 0.717) is 12.8 Å². The van der Waals surface area contributed by atoms with Gasteiger partial charge in [-0.15, -0.1) is 6.58 Å². The predicted molar refractivity (Wildman–Crippen MR) is 97.3 cm³/mol. The first-order valence-corrected chi connectivity index (χ1v) is 9.42. The van der Waals surface area contributed by atoms with Crippen molar-refractivity contribution >= 4 is 20.9 Å². The molecule has 0 aliphatic heterocycles. The largest absolute Gasteiger partial charge is 0.361 e. The average molecular weight is 358 g/mol. The molecular weight excluding hydrogens is 339 g/mol. The van der Waals surface area contributed by atoms with E-state index in [4.69, 9.17) is 0 Å². The number of nitrogens with one attached hydrogen (secondary N) is 2. The van der Waals surface area contributed by atoms with Crippen molar-refractivity contribution in [2.45, 2.75) is 23.8 Å². The fourth-order valence-corrected chi connectivity index (χ4v) is 4.09. The smallest absolute Gasteiger partial charge is 0.240 e. The van der Waals surface area contributed by atoms with Crippen LogP contribution in [-0.4, -0.2) is 19.4 Å². The molecule has 0 spiro atoms. The van der Waals surface area contributed by atoms with E-state index in [1.807, 2.05) is 30.5 Å². The maximum absolute atomic E-state index is 13.0. The molecule has 1 heterocycles. The summed E-state index contributed by atoms with van der Waals surface area (Å²) in [7, 11) is -3.73. The van der Waals surface area contributed by atoms with Crippen LogP contribution in [0.25, 0.3) is 10.9 Å². The second-order valence-electron chi connectivity index (χ2n) is 5.86. The molecule has 25 heavy (non-hydrogen) atoms. The number of hydrogen-bond acceptors (Lipinski definition) is 2. The zero-order valence-corrected chi connectivity index (χ0v) is 14.4. The van der Waals surface area contributed by atoms with Gasteiger partial charge in [0.25, 0.3) is 0 Å². The molecule has 0 aliphatic rings. The molecule has 6 heteroatoms. The fraction of sp³-hybridized carbons (Fsp3) is 0.158. The molecule has 0 unspecified atom stereocenters. The Morgan fingerprint density at radius 3 is 2.60 bits per heavy atom. The summed E-state index contributed by atoms with van der Waals surface area (Å²) < 4.78 is 40.8. The van der Waals surface area contributed by atoms with E-state index in [1.165, 1.54) is 12.1 Å². The number of para-hydroxylation sites is 1. The number of sulfonamides is 1. The van der Waals surface area contributed by atoms with Crippen LogP contribution in [0.3, 0.4) is 0 Å². The van der Waals surface area contributed by atoms with Crippen molar-refractivity contribution in [1.29, 1.82) is 0 Å². The van der Waals surface area contributed by atoms with Crippen molar-refractivity contribution in [3.8, 4) is 0 Å². The van der Waals surface area contributed by atoms with Gasteiger partial charge in [0.2, 0.25) is 10.0 Å². The molecule has 130 valence electrons. The molecule has 0 amide bonds. The van der Waals surface area contributed by atoms with Crippen LogP contribution in [0.4, 0.5) is 4.39 Å². The summed E-state index contributed by atoms with van der Waals surface area (Å²) in [6.07, 6.45) is 4.59. The molecule has 0 radical (unpaired) electrons. The highest BCUT2D eigenvalue weighted by Gasteiger charge is 2.20. The minimum atomic E-state index is -3.73. The summed E-state index contributed by atoms with van der Waals surface area (Å²) >= 11 is 0. The van der Waals surface area contributed by atoms with Crippen LogP contribution in [0.2, 0.25) is 0 Å². The van der Waals surface area contributed by atoms with Gasteiger partial charge < -0.3 is 4.98 Å². The lowest BCUT2D eigenvalue weighted by molar-refractivity contribution is 0.547. The third-order valence-corrected chi connectivity index (χ3v) is 5.57. The van der Waals surface area contributed by atoms with Gasteiger partial charge in [-0.1, -0.05) is 24.3 Å². The summed E-state index contributed by atoms with van der Waals surface area (Å²) in [6.45, 7) is 3.71. The zero-order chi connectivity index (χ0) is 17.9. The first-order chi connectivity index (χ1) is 12.0. The van der Waals surface area contributed by atoms with E-state index >= 15 is 0 Å². The Balaban J connectivity index is 1.83. The molecule has 0 bridgehead atoms. The molecule has 1 aromatic heterocycles. The van der Waals surface area contributed by atoms with Crippen LogP contribution in [-0.2, 0) is 16.4 Å². The van der Waals surface area contributed by atoms with Crippen molar-refractivity contribution in [3.05, 3.63) is 78.8 Å². The first kappa shape index (κ1) is 17.4. The maximum Gasteiger partial charge on any atom is 0.240 e. The van der Waals surface area contributed by atoms with Crippen LogP contribution in [0.1, 0.15) is 12.0 Å². The molecule has 1 atom stereocenters. The Hall–Kier alpha value is -2.44. The van der Waals surface area contributed by atoms with Gasteiger partial charge in [0.15, 0.2) is 0 Å². The van der Waals surface area contributed by atoms with E-state index in [9.17, 15) is 12.8 Å². The maximum atomic E-state index is 13.0. The van der Waals surface area contributed by atoms with Gasteiger partial charge >= 0.3 is 0 Å². The number of H-pyrrole nitrogens is 1. The Morgan fingerprint density at radius 1 is 1.16 bits per heavy atom. The molecule has 3 rings (SSSR count). The second kappa shape index (κ2) is 7.21. The van der Waals surface area contributed by atoms with E-state index in [-0.39, 0.29) is 10.9 Å². The number of benzene rings is 2. The van der Waals surface area contributed by atoms with Crippen molar-refractivity contribution in [1.82, 2.24) is 9.71 Å². The van der Waals surface area contributed by atoms with Crippen molar-refractivity contribution in [2.75, 3.05) is 0 Å². The Kier molecular flexibility index (Phi) is 5.01. The molecule has 3 aromatic rings. The van der Waals surface area contributed by atoms with Crippen molar-refractivity contribution in [3.63, 3.8) is 0 Å². The van der Waals surface area contributed by atoms with Gasteiger partial charge in [0, 0.05) is 23.1 Å². The minimum Gasteiger partial charge on any atom is -0.361 e. The zero-order valence-electron chi connectivity index (χ0n) is 13.6. The predicted octanol–water partition coefficient (Wildman–Crippen LogP) is 3.77. The molecular formula is C19H19FN2O2S. The summed E-state index contributed by atoms with van der Waals surface area (Å²) in [5.74, 6) is -0.472. The monoisotopic (exact) mass is 358 g/mol. The van der Waals surface area contributed by atoms with E-state index in [1.54, 1.807) is 6.08 Å². The van der Waals surface area contributed by atoms with Gasteiger partial charge in [0.1, 0.15) is 5.82 Å². The number of aromatic amines is 1. The first-order valence-electron chi connectivity index (χ1n) is 7.93. The summed E-state index contributed by atoms with van der Waals surface area (Å²) in [5, 5.41) is 1.07. The molecule has 2 aromatic carbocycles. The average Bonchev–Trinajstić information content (AvgIpc) is 2.98. The SMILES string of the molecule is C=CC[C@@H](Cc1c[nH]c2ccccc12)NS(=O)(=O)c1ccc(F)cc1. The molecule has 0 aliphatic carbocycles. The molecule has 2 N–H and O–H groups in total. The van der Waals surface area contributed by atoms with Crippen LogP contribution in [0, 0.1) is 5.82 Å². The normalized spacial score (nSPS) is 13.0. The van der Waals surface area contributed by atoms with Gasteiger partial charge in [0.05, 0.1) is 4.90 Å². The highest BCUT2D eigenvalue weighted by molar-refractivity contribution is 7.89. The van der Waals surface area contributed by atoms with Gasteiger partial charge in [-0.3, -0.25) is 0 Å².